The molecule has 2 aromatic rings. The third kappa shape index (κ3) is 3.40. The second-order valence-electron chi connectivity index (χ2n) is 7.11. The zero-order chi connectivity index (χ0) is 17.4. The second kappa shape index (κ2) is 6.75. The number of hydrogen-bond acceptors (Lipinski definition) is 5. The van der Waals surface area contributed by atoms with Crippen LogP contribution in [0.4, 0.5) is 5.95 Å². The van der Waals surface area contributed by atoms with Gasteiger partial charge in [0.25, 0.3) is 0 Å². The Morgan fingerprint density at radius 2 is 2.04 bits per heavy atom. The summed E-state index contributed by atoms with van der Waals surface area (Å²) in [7, 11) is 0. The Labute approximate surface area is 152 Å². The molecule has 2 aliphatic rings. The van der Waals surface area contributed by atoms with Crippen LogP contribution in [-0.2, 0) is 17.8 Å². The average molecular weight is 356 g/mol. The molecule has 2 aliphatic heterocycles. The minimum Gasteiger partial charge on any atom is -0.340 e. The number of nitrogens with zero attached hydrogens (tertiary/aromatic N) is 4. The number of carbonyl (C=O) groups excluding carboxylic acids is 1. The highest BCUT2D eigenvalue weighted by Crippen LogP contribution is 2.28. The Morgan fingerprint density at radius 3 is 2.84 bits per heavy atom. The van der Waals surface area contributed by atoms with Crippen LogP contribution in [0.5, 0.6) is 0 Å². The first-order valence-electron chi connectivity index (χ1n) is 9.01. The van der Waals surface area contributed by atoms with Gasteiger partial charge in [0.15, 0.2) is 0 Å². The van der Waals surface area contributed by atoms with Crippen molar-refractivity contribution in [1.82, 2.24) is 14.9 Å². The van der Waals surface area contributed by atoms with Crippen molar-refractivity contribution >= 4 is 23.2 Å². The molecule has 25 heavy (non-hydrogen) atoms. The van der Waals surface area contributed by atoms with E-state index in [2.05, 4.69) is 26.3 Å². The summed E-state index contributed by atoms with van der Waals surface area (Å²) in [5, 5.41) is 2.14. The lowest BCUT2D eigenvalue weighted by Gasteiger charge is -2.36. The molecule has 0 radical (unpaired) electrons. The van der Waals surface area contributed by atoms with Gasteiger partial charge in [0, 0.05) is 42.4 Å². The molecule has 0 spiro atoms. The van der Waals surface area contributed by atoms with Crippen molar-refractivity contribution in [3.63, 3.8) is 0 Å². The Bertz CT molecular complexity index is 767. The molecule has 6 heteroatoms. The van der Waals surface area contributed by atoms with Gasteiger partial charge in [-0.3, -0.25) is 4.79 Å². The molecular formula is C19H24N4OS. The minimum atomic E-state index is 0.0540. The first kappa shape index (κ1) is 16.5. The topological polar surface area (TPSA) is 49.3 Å². The Balaban J connectivity index is 1.47. The van der Waals surface area contributed by atoms with E-state index in [-0.39, 0.29) is 5.92 Å². The van der Waals surface area contributed by atoms with Crippen molar-refractivity contribution in [2.24, 2.45) is 5.92 Å². The third-order valence-electron chi connectivity index (χ3n) is 5.14. The minimum absolute atomic E-state index is 0.0540. The van der Waals surface area contributed by atoms with Crippen LogP contribution in [0.15, 0.2) is 17.5 Å². The lowest BCUT2D eigenvalue weighted by atomic mass is 9.95. The number of rotatable bonds is 2. The summed E-state index contributed by atoms with van der Waals surface area (Å²) in [5.41, 5.74) is 3.30. The Kier molecular flexibility index (Phi) is 4.46. The number of aromatic nitrogens is 2. The molecule has 4 heterocycles. The van der Waals surface area contributed by atoms with Crippen LogP contribution in [0.1, 0.15) is 34.7 Å². The smallest absolute Gasteiger partial charge is 0.227 e. The highest BCUT2D eigenvalue weighted by atomic mass is 32.1. The fraction of sp³-hybridized carbons (Fsp3) is 0.526. The normalized spacial score (nSPS) is 20.5. The van der Waals surface area contributed by atoms with E-state index in [1.54, 1.807) is 0 Å². The van der Waals surface area contributed by atoms with E-state index in [4.69, 9.17) is 0 Å². The van der Waals surface area contributed by atoms with Gasteiger partial charge in [-0.1, -0.05) is 0 Å². The predicted octanol–water partition coefficient (Wildman–Crippen LogP) is 2.96. The van der Waals surface area contributed by atoms with Crippen LogP contribution in [0, 0.1) is 19.8 Å². The van der Waals surface area contributed by atoms with Gasteiger partial charge in [-0.05, 0) is 56.2 Å². The van der Waals surface area contributed by atoms with Gasteiger partial charge in [-0.15, -0.1) is 11.3 Å². The van der Waals surface area contributed by atoms with Gasteiger partial charge >= 0.3 is 0 Å². The molecule has 2 aromatic heterocycles. The Morgan fingerprint density at radius 1 is 1.24 bits per heavy atom. The van der Waals surface area contributed by atoms with Crippen LogP contribution in [0.3, 0.4) is 0 Å². The molecule has 0 aliphatic carbocycles. The maximum Gasteiger partial charge on any atom is 0.227 e. The summed E-state index contributed by atoms with van der Waals surface area (Å²) in [6.45, 7) is 7.28. The number of hydrogen-bond donors (Lipinski definition) is 0. The standard InChI is InChI=1S/C19H24N4OS/c1-13-10-14(2)21-19(20-13)23-7-3-4-16(12-23)18(24)22-8-5-17-15(11-22)6-9-25-17/h6,9-10,16H,3-5,7-8,11-12H2,1-2H3. The molecule has 1 saturated heterocycles. The monoisotopic (exact) mass is 356 g/mol. The van der Waals surface area contributed by atoms with Gasteiger partial charge in [0.05, 0.1) is 5.92 Å². The molecule has 0 bridgehead atoms. The molecule has 1 fully saturated rings. The quantitative estimate of drug-likeness (QED) is 0.830. The molecule has 1 atom stereocenters. The number of amides is 1. The fourth-order valence-electron chi connectivity index (χ4n) is 3.90. The van der Waals surface area contributed by atoms with Crippen molar-refractivity contribution in [2.75, 3.05) is 24.5 Å². The summed E-state index contributed by atoms with van der Waals surface area (Å²) in [4.78, 5) is 27.9. The van der Waals surface area contributed by atoms with Crippen LogP contribution >= 0.6 is 11.3 Å². The lowest BCUT2D eigenvalue weighted by molar-refractivity contribution is -0.136. The van der Waals surface area contributed by atoms with Crippen molar-refractivity contribution < 1.29 is 4.79 Å². The first-order valence-corrected chi connectivity index (χ1v) is 9.89. The number of anilines is 1. The van der Waals surface area contributed by atoms with E-state index >= 15 is 0 Å². The summed E-state index contributed by atoms with van der Waals surface area (Å²) in [5.74, 6) is 1.12. The largest absolute Gasteiger partial charge is 0.340 e. The summed E-state index contributed by atoms with van der Waals surface area (Å²) in [6, 6.07) is 4.15. The highest BCUT2D eigenvalue weighted by molar-refractivity contribution is 7.10. The predicted molar refractivity (Wildman–Crippen MR) is 99.9 cm³/mol. The molecule has 1 amide bonds. The fourth-order valence-corrected chi connectivity index (χ4v) is 4.79. The van der Waals surface area contributed by atoms with Crippen LogP contribution < -0.4 is 4.90 Å². The van der Waals surface area contributed by atoms with Gasteiger partial charge in [-0.2, -0.15) is 0 Å². The first-order chi connectivity index (χ1) is 12.1. The summed E-state index contributed by atoms with van der Waals surface area (Å²) >= 11 is 1.81. The second-order valence-corrected chi connectivity index (χ2v) is 8.12. The maximum absolute atomic E-state index is 13.1. The van der Waals surface area contributed by atoms with Crippen molar-refractivity contribution in [3.8, 4) is 0 Å². The van der Waals surface area contributed by atoms with E-state index in [9.17, 15) is 4.79 Å². The number of piperidine rings is 1. The average Bonchev–Trinajstić information content (AvgIpc) is 3.08. The Hall–Kier alpha value is -1.95. The van der Waals surface area contributed by atoms with Gasteiger partial charge in [0.2, 0.25) is 11.9 Å². The molecule has 4 rings (SSSR count). The van der Waals surface area contributed by atoms with Gasteiger partial charge in [0.1, 0.15) is 0 Å². The molecule has 1 unspecified atom stereocenters. The van der Waals surface area contributed by atoms with Crippen LogP contribution in [-0.4, -0.2) is 40.4 Å². The van der Waals surface area contributed by atoms with Crippen LogP contribution in [0.2, 0.25) is 0 Å². The van der Waals surface area contributed by atoms with Gasteiger partial charge in [-0.25, -0.2) is 9.97 Å². The van der Waals surface area contributed by atoms with E-state index in [0.29, 0.717) is 5.91 Å². The highest BCUT2D eigenvalue weighted by Gasteiger charge is 2.32. The zero-order valence-corrected chi connectivity index (χ0v) is 15.7. The zero-order valence-electron chi connectivity index (χ0n) is 14.9. The number of thiophene rings is 1. The molecule has 0 N–H and O–H groups in total. The number of carbonyl (C=O) groups is 1. The molecule has 132 valence electrons. The van der Waals surface area contributed by atoms with Crippen LogP contribution in [0.25, 0.3) is 0 Å². The molecular weight excluding hydrogens is 332 g/mol. The maximum atomic E-state index is 13.1. The number of fused-ring (bicyclic) bond motifs is 1. The third-order valence-corrected chi connectivity index (χ3v) is 6.17. The van der Waals surface area contributed by atoms with Gasteiger partial charge < -0.3 is 9.80 Å². The van der Waals surface area contributed by atoms with Crippen molar-refractivity contribution in [3.05, 3.63) is 39.3 Å². The van der Waals surface area contributed by atoms with E-state index in [0.717, 1.165) is 62.8 Å². The van der Waals surface area contributed by atoms with E-state index in [1.807, 2.05) is 36.2 Å². The lowest BCUT2D eigenvalue weighted by Crippen LogP contribution is -2.46. The molecule has 0 saturated carbocycles. The van der Waals surface area contributed by atoms with Crippen molar-refractivity contribution in [1.29, 1.82) is 0 Å². The number of aryl methyl sites for hydroxylation is 2. The van der Waals surface area contributed by atoms with E-state index in [1.165, 1.54) is 10.4 Å². The summed E-state index contributed by atoms with van der Waals surface area (Å²) < 4.78 is 0. The van der Waals surface area contributed by atoms with E-state index < -0.39 is 0 Å². The molecule has 0 aromatic carbocycles. The SMILES string of the molecule is Cc1cc(C)nc(N2CCCC(C(=O)N3CCc4sccc4C3)C2)n1. The van der Waals surface area contributed by atoms with Crippen molar-refractivity contribution in [2.45, 2.75) is 39.7 Å². The molecule has 5 nitrogen and oxygen atoms in total. The summed E-state index contributed by atoms with van der Waals surface area (Å²) in [6.07, 6.45) is 2.98.